The first kappa shape index (κ1) is 18.4. The summed E-state index contributed by atoms with van der Waals surface area (Å²) < 4.78 is 65.2. The quantitative estimate of drug-likeness (QED) is 0.695. The van der Waals surface area contributed by atoms with Gasteiger partial charge in [0.1, 0.15) is 5.82 Å². The monoisotopic (exact) mass is 380 g/mol. The van der Waals surface area contributed by atoms with Crippen LogP contribution in [0.25, 0.3) is 11.3 Å². The molecule has 2 aromatic heterocycles. The fraction of sp³-hybridized carbons (Fsp3) is 0.0588. The number of pyridine rings is 1. The molecule has 0 aliphatic heterocycles. The number of carbonyl (C=O) groups excluding carboxylic acids is 1. The van der Waals surface area contributed by atoms with E-state index in [4.69, 9.17) is 0 Å². The minimum absolute atomic E-state index is 0.0387. The standard InChI is InChI=1S/C17H9F5N4O/c18-11-2-1-7-23-15(11)16(27)24-14-6-5-13(25-26-14)10-4-3-9(8-12(10)19)17(20,21)22/h1-8H,(H,24,26,27). The zero-order chi connectivity index (χ0) is 19.6. The summed E-state index contributed by atoms with van der Waals surface area (Å²) in [6.45, 7) is 0. The Bertz CT molecular complexity index is 989. The van der Waals surface area contributed by atoms with Crippen LogP contribution in [-0.2, 0) is 6.18 Å². The van der Waals surface area contributed by atoms with Crippen molar-refractivity contribution in [1.29, 1.82) is 0 Å². The molecular formula is C17H9F5N4O. The summed E-state index contributed by atoms with van der Waals surface area (Å²) in [5.74, 6) is -2.88. The Kier molecular flexibility index (Phi) is 4.80. The van der Waals surface area contributed by atoms with Gasteiger partial charge in [0.25, 0.3) is 5.91 Å². The van der Waals surface area contributed by atoms with Crippen molar-refractivity contribution >= 4 is 11.7 Å². The van der Waals surface area contributed by atoms with Gasteiger partial charge in [-0.2, -0.15) is 13.2 Å². The first-order valence-corrected chi connectivity index (χ1v) is 7.38. The molecule has 0 bridgehead atoms. The minimum atomic E-state index is -4.67. The van der Waals surface area contributed by atoms with Crippen LogP contribution in [0.3, 0.4) is 0 Å². The molecule has 0 saturated carbocycles. The van der Waals surface area contributed by atoms with Gasteiger partial charge in [-0.1, -0.05) is 0 Å². The molecule has 138 valence electrons. The van der Waals surface area contributed by atoms with Gasteiger partial charge in [-0.05, 0) is 42.5 Å². The third-order valence-corrected chi connectivity index (χ3v) is 3.45. The SMILES string of the molecule is O=C(Nc1ccc(-c2ccc(C(F)(F)F)cc2F)nn1)c1ncccc1F. The molecule has 0 radical (unpaired) electrons. The summed E-state index contributed by atoms with van der Waals surface area (Å²) in [5.41, 5.74) is -1.80. The smallest absolute Gasteiger partial charge is 0.304 e. The number of halogens is 5. The molecule has 1 N–H and O–H groups in total. The topological polar surface area (TPSA) is 67.8 Å². The maximum absolute atomic E-state index is 14.0. The minimum Gasteiger partial charge on any atom is -0.304 e. The largest absolute Gasteiger partial charge is 0.416 e. The number of aromatic nitrogens is 3. The average molecular weight is 380 g/mol. The number of amides is 1. The number of anilines is 1. The van der Waals surface area contributed by atoms with E-state index in [1.807, 2.05) is 0 Å². The van der Waals surface area contributed by atoms with Crippen molar-refractivity contribution < 1.29 is 26.7 Å². The van der Waals surface area contributed by atoms with Gasteiger partial charge in [0.05, 0.1) is 11.3 Å². The molecule has 0 spiro atoms. The molecule has 3 aromatic rings. The van der Waals surface area contributed by atoms with Crippen LogP contribution < -0.4 is 5.32 Å². The Hall–Kier alpha value is -3.43. The van der Waals surface area contributed by atoms with Crippen molar-refractivity contribution in [2.75, 3.05) is 5.32 Å². The summed E-state index contributed by atoms with van der Waals surface area (Å²) >= 11 is 0. The van der Waals surface area contributed by atoms with Gasteiger partial charge in [0.15, 0.2) is 17.3 Å². The molecule has 1 amide bonds. The third-order valence-electron chi connectivity index (χ3n) is 3.45. The Balaban J connectivity index is 1.80. The molecule has 0 fully saturated rings. The molecule has 0 saturated heterocycles. The highest BCUT2D eigenvalue weighted by Crippen LogP contribution is 2.32. The van der Waals surface area contributed by atoms with Gasteiger partial charge in [-0.25, -0.2) is 13.8 Å². The van der Waals surface area contributed by atoms with Gasteiger partial charge in [-0.3, -0.25) is 4.79 Å². The van der Waals surface area contributed by atoms with Crippen LogP contribution in [0.1, 0.15) is 16.1 Å². The van der Waals surface area contributed by atoms with Crippen LogP contribution in [0.5, 0.6) is 0 Å². The first-order valence-electron chi connectivity index (χ1n) is 7.38. The van der Waals surface area contributed by atoms with E-state index in [0.717, 1.165) is 18.2 Å². The van der Waals surface area contributed by atoms with Gasteiger partial charge < -0.3 is 5.32 Å². The zero-order valence-electron chi connectivity index (χ0n) is 13.3. The molecule has 0 aliphatic carbocycles. The Morgan fingerprint density at radius 2 is 1.74 bits per heavy atom. The van der Waals surface area contributed by atoms with E-state index >= 15 is 0 Å². The molecular weight excluding hydrogens is 371 g/mol. The zero-order valence-corrected chi connectivity index (χ0v) is 13.3. The number of carbonyl (C=O) groups is 1. The highest BCUT2D eigenvalue weighted by molar-refractivity contribution is 6.02. The maximum Gasteiger partial charge on any atom is 0.416 e. The van der Waals surface area contributed by atoms with E-state index in [9.17, 15) is 26.7 Å². The van der Waals surface area contributed by atoms with Crippen molar-refractivity contribution in [3.8, 4) is 11.3 Å². The lowest BCUT2D eigenvalue weighted by atomic mass is 10.1. The summed E-state index contributed by atoms with van der Waals surface area (Å²) in [5, 5.41) is 9.58. The van der Waals surface area contributed by atoms with Crippen molar-refractivity contribution in [2.24, 2.45) is 0 Å². The normalized spacial score (nSPS) is 11.3. The molecule has 27 heavy (non-hydrogen) atoms. The fourth-order valence-electron chi connectivity index (χ4n) is 2.17. The van der Waals surface area contributed by atoms with Gasteiger partial charge in [0, 0.05) is 11.8 Å². The third kappa shape index (κ3) is 4.05. The Morgan fingerprint density at radius 1 is 0.963 bits per heavy atom. The summed E-state index contributed by atoms with van der Waals surface area (Å²) in [6.07, 6.45) is -3.43. The van der Waals surface area contributed by atoms with Gasteiger partial charge in [-0.15, -0.1) is 10.2 Å². The van der Waals surface area contributed by atoms with Crippen molar-refractivity contribution in [3.05, 3.63) is 71.6 Å². The molecule has 10 heteroatoms. The molecule has 1 aromatic carbocycles. The van der Waals surface area contributed by atoms with E-state index in [-0.39, 0.29) is 17.1 Å². The maximum atomic E-state index is 14.0. The first-order chi connectivity index (χ1) is 12.8. The molecule has 2 heterocycles. The lowest BCUT2D eigenvalue weighted by molar-refractivity contribution is -0.137. The van der Waals surface area contributed by atoms with E-state index in [2.05, 4.69) is 20.5 Å². The number of hydrogen-bond donors (Lipinski definition) is 1. The fourth-order valence-corrected chi connectivity index (χ4v) is 2.17. The Morgan fingerprint density at radius 3 is 2.33 bits per heavy atom. The van der Waals surface area contributed by atoms with Crippen molar-refractivity contribution in [1.82, 2.24) is 15.2 Å². The molecule has 0 aliphatic rings. The molecule has 0 unspecified atom stereocenters. The van der Waals surface area contributed by atoms with Crippen LogP contribution in [0.4, 0.5) is 27.8 Å². The number of hydrogen-bond acceptors (Lipinski definition) is 4. The van der Waals surface area contributed by atoms with Crippen LogP contribution in [0.15, 0.2) is 48.7 Å². The lowest BCUT2D eigenvalue weighted by Crippen LogP contribution is -2.16. The predicted molar refractivity (Wildman–Crippen MR) is 84.6 cm³/mol. The number of nitrogens with zero attached hydrogens (tertiary/aromatic N) is 3. The summed E-state index contributed by atoms with van der Waals surface area (Å²) in [7, 11) is 0. The highest BCUT2D eigenvalue weighted by Gasteiger charge is 2.31. The second kappa shape index (κ2) is 7.06. The highest BCUT2D eigenvalue weighted by atomic mass is 19.4. The molecule has 3 rings (SSSR count). The van der Waals surface area contributed by atoms with Crippen LogP contribution in [0, 0.1) is 11.6 Å². The van der Waals surface area contributed by atoms with Gasteiger partial charge in [0.2, 0.25) is 0 Å². The van der Waals surface area contributed by atoms with Crippen molar-refractivity contribution in [3.63, 3.8) is 0 Å². The van der Waals surface area contributed by atoms with E-state index in [0.29, 0.717) is 6.07 Å². The summed E-state index contributed by atoms with van der Waals surface area (Å²) in [4.78, 5) is 15.5. The van der Waals surface area contributed by atoms with Crippen LogP contribution in [-0.4, -0.2) is 21.1 Å². The predicted octanol–water partition coefficient (Wildman–Crippen LogP) is 4.09. The van der Waals surface area contributed by atoms with Gasteiger partial charge >= 0.3 is 6.18 Å². The molecule has 5 nitrogen and oxygen atoms in total. The lowest BCUT2D eigenvalue weighted by Gasteiger charge is -2.09. The molecule has 0 atom stereocenters. The van der Waals surface area contributed by atoms with E-state index < -0.39 is 35.0 Å². The summed E-state index contributed by atoms with van der Waals surface area (Å²) in [6, 6.07) is 6.89. The van der Waals surface area contributed by atoms with Crippen LogP contribution >= 0.6 is 0 Å². The number of rotatable bonds is 3. The second-order valence-corrected chi connectivity index (χ2v) is 5.28. The van der Waals surface area contributed by atoms with E-state index in [1.54, 1.807) is 0 Å². The number of benzene rings is 1. The number of nitrogens with one attached hydrogen (secondary N) is 1. The van der Waals surface area contributed by atoms with E-state index in [1.165, 1.54) is 24.4 Å². The Labute approximate surface area is 148 Å². The van der Waals surface area contributed by atoms with Crippen molar-refractivity contribution in [2.45, 2.75) is 6.18 Å². The van der Waals surface area contributed by atoms with Crippen LogP contribution in [0.2, 0.25) is 0 Å². The average Bonchev–Trinajstić information content (AvgIpc) is 2.62. The second-order valence-electron chi connectivity index (χ2n) is 5.28. The number of alkyl halides is 3.